The van der Waals surface area contributed by atoms with E-state index in [4.69, 9.17) is 0 Å². The first kappa shape index (κ1) is 15.9. The van der Waals surface area contributed by atoms with Crippen LogP contribution in [-0.4, -0.2) is 34.3 Å². The predicted octanol–water partition coefficient (Wildman–Crippen LogP) is 1.49. The van der Waals surface area contributed by atoms with Gasteiger partial charge in [-0.2, -0.15) is 0 Å². The van der Waals surface area contributed by atoms with Gasteiger partial charge < -0.3 is 5.32 Å². The molecular weight excluding hydrogens is 224 g/mol. The SMILES string of the molecule is CCCCCCCCNS(=O)(=O)CCNC. The van der Waals surface area contributed by atoms with Gasteiger partial charge in [0.05, 0.1) is 5.75 Å². The van der Waals surface area contributed by atoms with Crippen molar-refractivity contribution in [2.24, 2.45) is 0 Å². The van der Waals surface area contributed by atoms with Gasteiger partial charge in [0.2, 0.25) is 10.0 Å². The van der Waals surface area contributed by atoms with Crippen molar-refractivity contribution >= 4 is 10.0 Å². The highest BCUT2D eigenvalue weighted by Crippen LogP contribution is 2.04. The Balaban J connectivity index is 3.36. The molecule has 2 N–H and O–H groups in total. The monoisotopic (exact) mass is 250 g/mol. The highest BCUT2D eigenvalue weighted by atomic mass is 32.2. The minimum Gasteiger partial charge on any atom is -0.319 e. The molecule has 0 aromatic rings. The summed E-state index contributed by atoms with van der Waals surface area (Å²) in [6.07, 6.45) is 7.08. The van der Waals surface area contributed by atoms with Gasteiger partial charge in [-0.15, -0.1) is 0 Å². The summed E-state index contributed by atoms with van der Waals surface area (Å²) >= 11 is 0. The van der Waals surface area contributed by atoms with Gasteiger partial charge in [0.15, 0.2) is 0 Å². The maximum Gasteiger partial charge on any atom is 0.212 e. The van der Waals surface area contributed by atoms with Gasteiger partial charge in [-0.1, -0.05) is 39.0 Å². The fourth-order valence-electron chi connectivity index (χ4n) is 1.44. The smallest absolute Gasteiger partial charge is 0.212 e. The number of hydrogen-bond acceptors (Lipinski definition) is 3. The topological polar surface area (TPSA) is 58.2 Å². The van der Waals surface area contributed by atoms with Gasteiger partial charge in [-0.25, -0.2) is 13.1 Å². The molecular formula is C11H26N2O2S. The first-order chi connectivity index (χ1) is 7.62. The van der Waals surface area contributed by atoms with E-state index in [9.17, 15) is 8.42 Å². The Bertz CT molecular complexity index is 240. The van der Waals surface area contributed by atoms with E-state index >= 15 is 0 Å². The zero-order valence-corrected chi connectivity index (χ0v) is 11.4. The molecule has 0 saturated heterocycles. The van der Waals surface area contributed by atoms with E-state index in [0.717, 1.165) is 12.8 Å². The largest absolute Gasteiger partial charge is 0.319 e. The number of rotatable bonds is 11. The van der Waals surface area contributed by atoms with Gasteiger partial charge in [0.25, 0.3) is 0 Å². The molecule has 0 amide bonds. The zero-order chi connectivity index (χ0) is 12.3. The lowest BCUT2D eigenvalue weighted by atomic mass is 10.1. The fraction of sp³-hybridized carbons (Fsp3) is 1.00. The van der Waals surface area contributed by atoms with E-state index in [1.54, 1.807) is 7.05 Å². The average Bonchev–Trinajstić information content (AvgIpc) is 2.25. The summed E-state index contributed by atoms with van der Waals surface area (Å²) in [5.74, 6) is 0.166. The first-order valence-electron chi connectivity index (χ1n) is 6.24. The van der Waals surface area contributed by atoms with Gasteiger partial charge >= 0.3 is 0 Å². The van der Waals surface area contributed by atoms with Crippen LogP contribution in [0.4, 0.5) is 0 Å². The summed E-state index contributed by atoms with van der Waals surface area (Å²) in [5, 5.41) is 2.83. The van der Waals surface area contributed by atoms with Gasteiger partial charge in [-0.05, 0) is 13.5 Å². The van der Waals surface area contributed by atoms with Crippen LogP contribution < -0.4 is 10.0 Å². The third-order valence-corrected chi connectivity index (χ3v) is 3.86. The Hall–Kier alpha value is -0.130. The van der Waals surface area contributed by atoms with Crippen molar-refractivity contribution < 1.29 is 8.42 Å². The molecule has 0 aliphatic heterocycles. The summed E-state index contributed by atoms with van der Waals surface area (Å²) in [5.41, 5.74) is 0. The maximum absolute atomic E-state index is 11.4. The normalized spacial score (nSPS) is 11.9. The second-order valence-electron chi connectivity index (χ2n) is 4.08. The van der Waals surface area contributed by atoms with Crippen molar-refractivity contribution in [1.82, 2.24) is 10.0 Å². The van der Waals surface area contributed by atoms with Crippen molar-refractivity contribution in [3.8, 4) is 0 Å². The minimum atomic E-state index is -3.05. The molecule has 0 atom stereocenters. The highest BCUT2D eigenvalue weighted by Gasteiger charge is 2.07. The molecule has 0 aliphatic carbocycles. The van der Waals surface area contributed by atoms with Crippen molar-refractivity contribution in [1.29, 1.82) is 0 Å². The summed E-state index contributed by atoms with van der Waals surface area (Å²) < 4.78 is 25.4. The Labute approximate surface area is 100 Å². The summed E-state index contributed by atoms with van der Waals surface area (Å²) in [4.78, 5) is 0. The van der Waals surface area contributed by atoms with E-state index in [0.29, 0.717) is 13.1 Å². The first-order valence-corrected chi connectivity index (χ1v) is 7.89. The molecule has 0 bridgehead atoms. The van der Waals surface area contributed by atoms with Crippen LogP contribution in [0.1, 0.15) is 45.4 Å². The fourth-order valence-corrected chi connectivity index (χ4v) is 2.51. The molecule has 0 aromatic carbocycles. The van der Waals surface area contributed by atoms with Gasteiger partial charge in [-0.3, -0.25) is 0 Å². The zero-order valence-electron chi connectivity index (χ0n) is 10.6. The summed E-state index contributed by atoms with van der Waals surface area (Å²) in [6, 6.07) is 0. The Morgan fingerprint density at radius 3 is 2.19 bits per heavy atom. The molecule has 0 saturated carbocycles. The van der Waals surface area contributed by atoms with Crippen molar-refractivity contribution in [3.63, 3.8) is 0 Å². The van der Waals surface area contributed by atoms with Crippen LogP contribution in [0.25, 0.3) is 0 Å². The number of hydrogen-bond donors (Lipinski definition) is 2. The molecule has 0 radical (unpaired) electrons. The van der Waals surface area contributed by atoms with Crippen molar-refractivity contribution in [2.45, 2.75) is 45.4 Å². The second-order valence-corrected chi connectivity index (χ2v) is 6.01. The van der Waals surface area contributed by atoms with E-state index in [1.807, 2.05) is 0 Å². The molecule has 0 aromatic heterocycles. The van der Waals surface area contributed by atoms with E-state index in [1.165, 1.54) is 25.7 Å². The van der Waals surface area contributed by atoms with Crippen LogP contribution in [0, 0.1) is 0 Å². The van der Waals surface area contributed by atoms with E-state index in [2.05, 4.69) is 17.0 Å². The molecule has 0 spiro atoms. The standard InChI is InChI=1S/C11H26N2O2S/c1-3-4-5-6-7-8-9-13-16(14,15)11-10-12-2/h12-13H,3-11H2,1-2H3. The van der Waals surface area contributed by atoms with E-state index < -0.39 is 10.0 Å². The van der Waals surface area contributed by atoms with Crippen LogP contribution in [0.5, 0.6) is 0 Å². The third kappa shape index (κ3) is 10.4. The van der Waals surface area contributed by atoms with Gasteiger partial charge in [0.1, 0.15) is 0 Å². The number of sulfonamides is 1. The lowest BCUT2D eigenvalue weighted by molar-refractivity contribution is 0.566. The molecule has 0 unspecified atom stereocenters. The third-order valence-electron chi connectivity index (χ3n) is 2.47. The Kier molecular flexibility index (Phi) is 9.97. The molecule has 5 heteroatoms. The Morgan fingerprint density at radius 1 is 0.938 bits per heavy atom. The highest BCUT2D eigenvalue weighted by molar-refractivity contribution is 7.89. The average molecular weight is 250 g/mol. The van der Waals surface area contributed by atoms with Crippen molar-refractivity contribution in [2.75, 3.05) is 25.9 Å². The maximum atomic E-state index is 11.4. The van der Waals surface area contributed by atoms with Crippen LogP contribution in [0.15, 0.2) is 0 Å². The van der Waals surface area contributed by atoms with Gasteiger partial charge in [0, 0.05) is 13.1 Å². The van der Waals surface area contributed by atoms with Crippen molar-refractivity contribution in [3.05, 3.63) is 0 Å². The lowest BCUT2D eigenvalue weighted by Crippen LogP contribution is -2.31. The molecule has 0 fully saturated rings. The predicted molar refractivity (Wildman–Crippen MR) is 69.1 cm³/mol. The van der Waals surface area contributed by atoms with Crippen LogP contribution >= 0.6 is 0 Å². The number of unbranched alkanes of at least 4 members (excludes halogenated alkanes) is 5. The van der Waals surface area contributed by atoms with Crippen LogP contribution in [-0.2, 0) is 10.0 Å². The lowest BCUT2D eigenvalue weighted by Gasteiger charge is -2.06. The summed E-state index contributed by atoms with van der Waals surface area (Å²) in [6.45, 7) is 3.28. The second kappa shape index (κ2) is 10.1. The molecule has 0 aliphatic rings. The quantitative estimate of drug-likeness (QED) is 0.546. The van der Waals surface area contributed by atoms with Crippen LogP contribution in [0.3, 0.4) is 0 Å². The summed E-state index contributed by atoms with van der Waals surface area (Å²) in [7, 11) is -1.30. The Morgan fingerprint density at radius 2 is 1.56 bits per heavy atom. The van der Waals surface area contributed by atoms with Crippen LogP contribution in [0.2, 0.25) is 0 Å². The minimum absolute atomic E-state index is 0.166. The molecule has 0 rings (SSSR count). The molecule has 0 heterocycles. The molecule has 16 heavy (non-hydrogen) atoms. The van der Waals surface area contributed by atoms with E-state index in [-0.39, 0.29) is 5.75 Å². The number of nitrogens with one attached hydrogen (secondary N) is 2. The molecule has 4 nitrogen and oxygen atoms in total. The molecule has 98 valence electrons.